The summed E-state index contributed by atoms with van der Waals surface area (Å²) in [6, 6.07) is 8.77. The highest BCUT2D eigenvalue weighted by Gasteiger charge is 2.43. The predicted octanol–water partition coefficient (Wildman–Crippen LogP) is 3.11. The van der Waals surface area contributed by atoms with E-state index < -0.39 is 5.60 Å². The maximum Gasteiger partial charge on any atom is 0.257 e. The summed E-state index contributed by atoms with van der Waals surface area (Å²) < 4.78 is 10.4. The molecule has 24 heavy (non-hydrogen) atoms. The van der Waals surface area contributed by atoms with Gasteiger partial charge >= 0.3 is 0 Å². The first-order chi connectivity index (χ1) is 11.4. The molecule has 0 radical (unpaired) electrons. The lowest BCUT2D eigenvalue weighted by molar-refractivity contribution is -0.0177. The van der Waals surface area contributed by atoms with Crippen LogP contribution in [0.4, 0.5) is 0 Å². The fourth-order valence-electron chi connectivity index (χ4n) is 3.48. The smallest absolute Gasteiger partial charge is 0.257 e. The van der Waals surface area contributed by atoms with Gasteiger partial charge in [0, 0.05) is 6.54 Å². The van der Waals surface area contributed by atoms with Crippen LogP contribution >= 0.6 is 0 Å². The summed E-state index contributed by atoms with van der Waals surface area (Å²) in [4.78, 5) is 14.6. The summed E-state index contributed by atoms with van der Waals surface area (Å²) in [5.74, 6) is 1.26. The minimum atomic E-state index is -1.13. The first-order valence-electron chi connectivity index (χ1n) is 8.17. The van der Waals surface area contributed by atoms with E-state index in [0.717, 1.165) is 24.2 Å². The van der Waals surface area contributed by atoms with Crippen molar-refractivity contribution in [3.05, 3.63) is 53.5 Å². The molecule has 1 aromatic heterocycles. The van der Waals surface area contributed by atoms with Crippen molar-refractivity contribution in [1.82, 2.24) is 4.90 Å². The molecular weight excluding hydrogens is 306 g/mol. The Bertz CT molecular complexity index is 717. The molecule has 1 saturated heterocycles. The summed E-state index contributed by atoms with van der Waals surface area (Å²) in [7, 11) is 1.61. The van der Waals surface area contributed by atoms with Crippen LogP contribution in [-0.2, 0) is 5.60 Å². The highest BCUT2D eigenvalue weighted by atomic mass is 16.5. The van der Waals surface area contributed by atoms with Gasteiger partial charge in [0.15, 0.2) is 0 Å². The van der Waals surface area contributed by atoms with Gasteiger partial charge in [0.25, 0.3) is 5.91 Å². The number of likely N-dealkylation sites (tertiary alicyclic amines) is 1. The van der Waals surface area contributed by atoms with Crippen LogP contribution in [0.25, 0.3) is 0 Å². The molecular formula is C19H23NO4. The van der Waals surface area contributed by atoms with Gasteiger partial charge in [0.05, 0.1) is 25.0 Å². The molecule has 2 aromatic rings. The van der Waals surface area contributed by atoms with Gasteiger partial charge in [0.2, 0.25) is 0 Å². The number of carbonyl (C=O) groups is 1. The van der Waals surface area contributed by atoms with Crippen LogP contribution in [0.5, 0.6) is 5.75 Å². The molecule has 2 heterocycles. The summed E-state index contributed by atoms with van der Waals surface area (Å²) in [5.41, 5.74) is 0.208. The van der Waals surface area contributed by atoms with Crippen LogP contribution in [0.3, 0.4) is 0 Å². The van der Waals surface area contributed by atoms with E-state index in [1.54, 1.807) is 31.9 Å². The Hall–Kier alpha value is -2.27. The molecule has 2 unspecified atom stereocenters. The third-order valence-electron chi connectivity index (χ3n) is 4.93. The number of aliphatic hydroxyl groups is 1. The molecule has 0 bridgehead atoms. The number of hydrogen-bond donors (Lipinski definition) is 1. The van der Waals surface area contributed by atoms with Crippen LogP contribution < -0.4 is 4.74 Å². The van der Waals surface area contributed by atoms with Crippen molar-refractivity contribution in [1.29, 1.82) is 0 Å². The average molecular weight is 329 g/mol. The van der Waals surface area contributed by atoms with Crippen molar-refractivity contribution in [3.8, 4) is 5.75 Å². The number of nitrogens with zero attached hydrogens (tertiary/aromatic N) is 1. The zero-order valence-electron chi connectivity index (χ0n) is 14.3. The molecule has 1 aliphatic heterocycles. The quantitative estimate of drug-likeness (QED) is 0.936. The maximum atomic E-state index is 12.9. The second-order valence-electron chi connectivity index (χ2n) is 6.42. The predicted molar refractivity (Wildman–Crippen MR) is 90.1 cm³/mol. The fourth-order valence-corrected chi connectivity index (χ4v) is 3.48. The summed E-state index contributed by atoms with van der Waals surface area (Å²) in [6.45, 7) is 4.19. The molecule has 0 aliphatic carbocycles. The van der Waals surface area contributed by atoms with Gasteiger partial charge in [-0.1, -0.05) is 12.1 Å². The zero-order valence-corrected chi connectivity index (χ0v) is 14.3. The van der Waals surface area contributed by atoms with E-state index in [0.29, 0.717) is 17.9 Å². The molecule has 2 atom stereocenters. The van der Waals surface area contributed by atoms with Crippen molar-refractivity contribution in [2.45, 2.75) is 38.3 Å². The van der Waals surface area contributed by atoms with E-state index in [1.165, 1.54) is 6.26 Å². The number of carbonyl (C=O) groups excluding carboxylic acids is 1. The minimum Gasteiger partial charge on any atom is -0.497 e. The number of furan rings is 1. The zero-order chi connectivity index (χ0) is 17.3. The number of benzene rings is 1. The minimum absolute atomic E-state index is 0.0856. The van der Waals surface area contributed by atoms with Crippen molar-refractivity contribution in [2.24, 2.45) is 0 Å². The Kier molecular flexibility index (Phi) is 4.37. The molecule has 3 rings (SSSR count). The van der Waals surface area contributed by atoms with Crippen LogP contribution in [0.1, 0.15) is 41.4 Å². The maximum absolute atomic E-state index is 12.9. The number of hydrogen-bond acceptors (Lipinski definition) is 4. The number of ether oxygens (including phenoxy) is 1. The standard InChI is InChI=1S/C19H23NO4/c1-13-16(10-12-24-13)18(21)20-11-4-5-17(20)19(2,22)14-6-8-15(23-3)9-7-14/h6-10,12,17,22H,4-5,11H2,1-3H3. The highest BCUT2D eigenvalue weighted by Crippen LogP contribution is 2.36. The monoisotopic (exact) mass is 329 g/mol. The Balaban J connectivity index is 1.88. The van der Waals surface area contributed by atoms with E-state index in [9.17, 15) is 9.90 Å². The molecule has 5 heteroatoms. The van der Waals surface area contributed by atoms with E-state index in [-0.39, 0.29) is 11.9 Å². The van der Waals surface area contributed by atoms with Gasteiger partial charge in [-0.25, -0.2) is 0 Å². The van der Waals surface area contributed by atoms with Crippen LogP contribution in [-0.4, -0.2) is 35.6 Å². The van der Waals surface area contributed by atoms with E-state index >= 15 is 0 Å². The largest absolute Gasteiger partial charge is 0.497 e. The molecule has 1 amide bonds. The summed E-state index contributed by atoms with van der Waals surface area (Å²) in [5, 5.41) is 11.2. The van der Waals surface area contributed by atoms with Gasteiger partial charge in [0.1, 0.15) is 17.1 Å². The van der Waals surface area contributed by atoms with Crippen molar-refractivity contribution >= 4 is 5.91 Å². The summed E-state index contributed by atoms with van der Waals surface area (Å²) >= 11 is 0. The first kappa shape index (κ1) is 16.6. The fraction of sp³-hybridized carbons (Fsp3) is 0.421. The van der Waals surface area contributed by atoms with Crippen LogP contribution in [0.15, 0.2) is 41.0 Å². The lowest BCUT2D eigenvalue weighted by atomic mass is 9.86. The lowest BCUT2D eigenvalue weighted by Crippen LogP contribution is -2.48. The normalized spacial score (nSPS) is 20.0. The average Bonchev–Trinajstić information content (AvgIpc) is 3.23. The number of rotatable bonds is 4. The van der Waals surface area contributed by atoms with Crippen LogP contribution in [0, 0.1) is 6.92 Å². The highest BCUT2D eigenvalue weighted by molar-refractivity contribution is 5.95. The Morgan fingerprint density at radius 3 is 2.62 bits per heavy atom. The molecule has 128 valence electrons. The van der Waals surface area contributed by atoms with E-state index in [4.69, 9.17) is 9.15 Å². The SMILES string of the molecule is COc1ccc(C(C)(O)C2CCCN2C(=O)c2ccoc2C)cc1. The Morgan fingerprint density at radius 2 is 2.04 bits per heavy atom. The van der Waals surface area contributed by atoms with E-state index in [2.05, 4.69) is 0 Å². The molecule has 1 N–H and O–H groups in total. The van der Waals surface area contributed by atoms with Gasteiger partial charge in [-0.2, -0.15) is 0 Å². The molecule has 1 aromatic carbocycles. The molecule has 0 saturated carbocycles. The van der Waals surface area contributed by atoms with Gasteiger partial charge in [-0.05, 0) is 50.5 Å². The third-order valence-corrected chi connectivity index (χ3v) is 4.93. The molecule has 5 nitrogen and oxygen atoms in total. The van der Waals surface area contributed by atoms with Crippen molar-refractivity contribution < 1.29 is 19.1 Å². The van der Waals surface area contributed by atoms with Crippen molar-refractivity contribution in [2.75, 3.05) is 13.7 Å². The Labute approximate surface area is 141 Å². The second-order valence-corrected chi connectivity index (χ2v) is 6.42. The number of methoxy groups -OCH3 is 1. The van der Waals surface area contributed by atoms with Crippen molar-refractivity contribution in [3.63, 3.8) is 0 Å². The summed E-state index contributed by atoms with van der Waals surface area (Å²) in [6.07, 6.45) is 3.16. The lowest BCUT2D eigenvalue weighted by Gasteiger charge is -2.37. The molecule has 0 spiro atoms. The van der Waals surface area contributed by atoms with Gasteiger partial charge in [-0.3, -0.25) is 4.79 Å². The molecule has 1 fully saturated rings. The topological polar surface area (TPSA) is 62.9 Å². The van der Waals surface area contributed by atoms with Gasteiger partial charge in [-0.15, -0.1) is 0 Å². The van der Waals surface area contributed by atoms with Crippen LogP contribution in [0.2, 0.25) is 0 Å². The second kappa shape index (κ2) is 6.32. The van der Waals surface area contributed by atoms with E-state index in [1.807, 2.05) is 24.3 Å². The third kappa shape index (κ3) is 2.80. The first-order valence-corrected chi connectivity index (χ1v) is 8.17. The number of aryl methyl sites for hydroxylation is 1. The molecule has 1 aliphatic rings. The van der Waals surface area contributed by atoms with Gasteiger partial charge < -0.3 is 19.2 Å². The Morgan fingerprint density at radius 1 is 1.33 bits per heavy atom. The number of amides is 1.